The van der Waals surface area contributed by atoms with Crippen molar-refractivity contribution in [2.45, 2.75) is 13.5 Å². The average Bonchev–Trinajstić information content (AvgIpc) is 2.62. The van der Waals surface area contributed by atoms with E-state index in [0.717, 1.165) is 4.57 Å². The molecule has 1 N–H and O–H groups in total. The third-order valence-electron chi connectivity index (χ3n) is 2.23. The lowest BCUT2D eigenvalue weighted by atomic mass is 10.3. The van der Waals surface area contributed by atoms with Gasteiger partial charge in [0.25, 0.3) is 0 Å². The zero-order valence-corrected chi connectivity index (χ0v) is 9.21. The molecule has 1 amide bonds. The maximum Gasteiger partial charge on any atom is 0.442 e. The number of anilines is 1. The molecule has 1 heterocycles. The van der Waals surface area contributed by atoms with Crippen molar-refractivity contribution in [3.8, 4) is 0 Å². The molecule has 88 valence electrons. The summed E-state index contributed by atoms with van der Waals surface area (Å²) in [5.74, 6) is -0.562. The van der Waals surface area contributed by atoms with Crippen LogP contribution in [0.4, 0.5) is 5.69 Å². The Morgan fingerprint density at radius 2 is 2.12 bits per heavy atom. The molecule has 6 heteroatoms. The summed E-state index contributed by atoms with van der Waals surface area (Å²) in [7, 11) is 0. The number of aromatic nitrogens is 2. The molecule has 0 bridgehead atoms. The van der Waals surface area contributed by atoms with Crippen molar-refractivity contribution in [2.75, 3.05) is 5.32 Å². The Hall–Kier alpha value is -2.37. The van der Waals surface area contributed by atoms with Gasteiger partial charge < -0.3 is 5.32 Å². The van der Waals surface area contributed by atoms with E-state index in [1.165, 1.54) is 0 Å². The van der Waals surface area contributed by atoms with Gasteiger partial charge in [0, 0.05) is 5.69 Å². The van der Waals surface area contributed by atoms with Crippen molar-refractivity contribution in [1.29, 1.82) is 0 Å². The molecule has 1 aromatic heterocycles. The molecular weight excluding hydrogens is 222 g/mol. The third kappa shape index (κ3) is 2.60. The quantitative estimate of drug-likeness (QED) is 0.849. The zero-order chi connectivity index (χ0) is 12.3. The lowest BCUT2D eigenvalue weighted by Gasteiger charge is -2.04. The fourth-order valence-corrected chi connectivity index (χ4v) is 1.38. The predicted molar refractivity (Wildman–Crippen MR) is 60.6 cm³/mol. The molecule has 0 saturated carbocycles. The second kappa shape index (κ2) is 4.65. The highest BCUT2D eigenvalue weighted by molar-refractivity contribution is 5.90. The van der Waals surface area contributed by atoms with Crippen LogP contribution in [0, 0.1) is 6.92 Å². The van der Waals surface area contributed by atoms with E-state index in [0.29, 0.717) is 11.5 Å². The molecule has 0 aliphatic heterocycles. The van der Waals surface area contributed by atoms with Crippen molar-refractivity contribution in [3.05, 3.63) is 46.7 Å². The molecule has 0 spiro atoms. The molecule has 2 aromatic rings. The second-order valence-corrected chi connectivity index (χ2v) is 3.50. The number of carbonyl (C=O) groups excluding carboxylic acids is 1. The third-order valence-corrected chi connectivity index (χ3v) is 2.23. The maximum absolute atomic E-state index is 11.6. The van der Waals surface area contributed by atoms with E-state index >= 15 is 0 Å². The largest absolute Gasteiger partial charge is 0.442 e. The highest BCUT2D eigenvalue weighted by Crippen LogP contribution is 2.04. The monoisotopic (exact) mass is 233 g/mol. The van der Waals surface area contributed by atoms with Gasteiger partial charge in [0.15, 0.2) is 5.82 Å². The lowest BCUT2D eigenvalue weighted by Crippen LogP contribution is -2.25. The van der Waals surface area contributed by atoms with E-state index in [1.807, 2.05) is 18.2 Å². The standard InChI is InChI=1S/C11H11N3O3/c1-8-13-17-11(16)14(8)7-10(15)12-9-5-3-2-4-6-9/h2-6H,7H2,1H3,(H,12,15). The summed E-state index contributed by atoms with van der Waals surface area (Å²) < 4.78 is 5.59. The van der Waals surface area contributed by atoms with Crippen molar-refractivity contribution in [3.63, 3.8) is 0 Å². The molecule has 1 aromatic carbocycles. The minimum Gasteiger partial charge on any atom is -0.325 e. The number of nitrogens with one attached hydrogen (secondary N) is 1. The molecule has 17 heavy (non-hydrogen) atoms. The molecule has 0 fully saturated rings. The number of nitrogens with zero attached hydrogens (tertiary/aromatic N) is 2. The number of carbonyl (C=O) groups is 1. The first kappa shape index (κ1) is 11.1. The Bertz CT molecular complexity index is 571. The first-order valence-corrected chi connectivity index (χ1v) is 5.05. The van der Waals surface area contributed by atoms with Gasteiger partial charge in [-0.05, 0) is 19.1 Å². The number of amides is 1. The smallest absolute Gasteiger partial charge is 0.325 e. The van der Waals surface area contributed by atoms with Crippen LogP contribution in [0.5, 0.6) is 0 Å². The van der Waals surface area contributed by atoms with Crippen LogP contribution in [0.25, 0.3) is 0 Å². The second-order valence-electron chi connectivity index (χ2n) is 3.50. The van der Waals surface area contributed by atoms with Crippen LogP contribution in [0.2, 0.25) is 0 Å². The summed E-state index contributed by atoms with van der Waals surface area (Å²) in [5.41, 5.74) is 0.680. The van der Waals surface area contributed by atoms with E-state index in [-0.39, 0.29) is 12.5 Å². The minimum absolute atomic E-state index is 0.108. The topological polar surface area (TPSA) is 77.1 Å². The van der Waals surface area contributed by atoms with E-state index in [2.05, 4.69) is 15.0 Å². The van der Waals surface area contributed by atoms with Gasteiger partial charge in [-0.15, -0.1) is 0 Å². The Morgan fingerprint density at radius 1 is 1.41 bits per heavy atom. The Labute approximate surface area is 96.9 Å². The van der Waals surface area contributed by atoms with Gasteiger partial charge >= 0.3 is 5.76 Å². The molecule has 0 aliphatic carbocycles. The van der Waals surface area contributed by atoms with Gasteiger partial charge in [0.05, 0.1) is 0 Å². The van der Waals surface area contributed by atoms with Crippen LogP contribution in [0.1, 0.15) is 5.82 Å². The molecule has 0 atom stereocenters. The Morgan fingerprint density at radius 3 is 2.71 bits per heavy atom. The fraction of sp³-hybridized carbons (Fsp3) is 0.182. The van der Waals surface area contributed by atoms with E-state index < -0.39 is 5.76 Å². The van der Waals surface area contributed by atoms with Gasteiger partial charge in [-0.3, -0.25) is 13.9 Å². The predicted octanol–water partition coefficient (Wildman–Crippen LogP) is 0.783. The van der Waals surface area contributed by atoms with Crippen molar-refractivity contribution in [2.24, 2.45) is 0 Å². The molecule has 0 saturated heterocycles. The summed E-state index contributed by atoms with van der Waals surface area (Å²) >= 11 is 0. The maximum atomic E-state index is 11.6. The van der Waals surface area contributed by atoms with Crippen LogP contribution in [0.3, 0.4) is 0 Å². The van der Waals surface area contributed by atoms with Crippen LogP contribution in [-0.4, -0.2) is 15.6 Å². The fourth-order valence-electron chi connectivity index (χ4n) is 1.38. The number of hydrogen-bond acceptors (Lipinski definition) is 4. The molecule has 0 radical (unpaired) electrons. The van der Waals surface area contributed by atoms with Gasteiger partial charge in [-0.1, -0.05) is 23.4 Å². The van der Waals surface area contributed by atoms with E-state index in [4.69, 9.17) is 0 Å². The summed E-state index contributed by atoms with van der Waals surface area (Å²) in [6, 6.07) is 9.01. The minimum atomic E-state index is -0.634. The molecule has 2 rings (SSSR count). The molecule has 6 nitrogen and oxygen atoms in total. The molecule has 0 aliphatic rings. The lowest BCUT2D eigenvalue weighted by molar-refractivity contribution is -0.116. The Kier molecular flexibility index (Phi) is 3.04. The molecule has 0 unspecified atom stereocenters. The first-order valence-electron chi connectivity index (χ1n) is 5.05. The van der Waals surface area contributed by atoms with Crippen LogP contribution in [0.15, 0.2) is 39.6 Å². The van der Waals surface area contributed by atoms with Crippen molar-refractivity contribution >= 4 is 11.6 Å². The average molecular weight is 233 g/mol. The van der Waals surface area contributed by atoms with Crippen LogP contribution < -0.4 is 11.1 Å². The van der Waals surface area contributed by atoms with Gasteiger partial charge in [-0.25, -0.2) is 4.79 Å². The summed E-state index contributed by atoms with van der Waals surface area (Å²) in [6.07, 6.45) is 0. The van der Waals surface area contributed by atoms with E-state index in [1.54, 1.807) is 19.1 Å². The SMILES string of the molecule is Cc1noc(=O)n1CC(=O)Nc1ccccc1. The van der Waals surface area contributed by atoms with Crippen molar-refractivity contribution < 1.29 is 9.32 Å². The highest BCUT2D eigenvalue weighted by atomic mass is 16.5. The number of benzene rings is 1. The van der Waals surface area contributed by atoms with Gasteiger partial charge in [-0.2, -0.15) is 0 Å². The summed E-state index contributed by atoms with van der Waals surface area (Å²) in [6.45, 7) is 1.49. The number of aryl methyl sites for hydroxylation is 1. The Balaban J connectivity index is 2.06. The number of para-hydroxylation sites is 1. The number of rotatable bonds is 3. The molecular formula is C11H11N3O3. The van der Waals surface area contributed by atoms with Crippen molar-refractivity contribution in [1.82, 2.24) is 9.72 Å². The van der Waals surface area contributed by atoms with Gasteiger partial charge in [0.1, 0.15) is 6.54 Å². The zero-order valence-electron chi connectivity index (χ0n) is 9.21. The van der Waals surface area contributed by atoms with Gasteiger partial charge in [0.2, 0.25) is 5.91 Å². The number of hydrogen-bond donors (Lipinski definition) is 1. The van der Waals surface area contributed by atoms with Crippen LogP contribution >= 0.6 is 0 Å². The highest BCUT2D eigenvalue weighted by Gasteiger charge is 2.10. The summed E-state index contributed by atoms with van der Waals surface area (Å²) in [4.78, 5) is 22.8. The van der Waals surface area contributed by atoms with Crippen LogP contribution in [-0.2, 0) is 11.3 Å². The normalized spacial score (nSPS) is 10.2. The first-order chi connectivity index (χ1) is 8.16. The van der Waals surface area contributed by atoms with E-state index in [9.17, 15) is 9.59 Å². The summed E-state index contributed by atoms with van der Waals surface area (Å²) in [5, 5.41) is 6.14.